The van der Waals surface area contributed by atoms with Gasteiger partial charge < -0.3 is 144 Å². The molecule has 0 saturated carbocycles. The molecule has 1 heterocycles. The van der Waals surface area contributed by atoms with Crippen LogP contribution in [-0.4, -0.2) is 283 Å². The summed E-state index contributed by atoms with van der Waals surface area (Å²) in [6, 6.07) is -9.59. The Kier molecular flexibility index (Phi) is 46.2. The van der Waals surface area contributed by atoms with Crippen LogP contribution in [0.2, 0.25) is 0 Å². The van der Waals surface area contributed by atoms with E-state index in [0.717, 1.165) is 21.6 Å². The number of nitrogens with zero attached hydrogens (tertiary/aromatic N) is 3. The zero-order chi connectivity index (χ0) is 90.6. The summed E-state index contributed by atoms with van der Waals surface area (Å²) >= 11 is 0. The van der Waals surface area contributed by atoms with Crippen molar-refractivity contribution in [2.24, 2.45) is 66.9 Å². The van der Waals surface area contributed by atoms with Crippen molar-refractivity contribution in [1.82, 2.24) is 74.4 Å². The van der Waals surface area contributed by atoms with Gasteiger partial charge >= 0.3 is 11.9 Å². The third kappa shape index (κ3) is 37.8. The minimum Gasteiger partial charge on any atom is -0.493 e. The SMILES string of the molecule is CC[C@H](C)[C@@H]1NC(=O)[C@@H](CCCN=C(N)N)NC(=O)CNC(=O)CNC(=O)[C@@H](Cc2ccc(OC)c(OC)c2)NC(=O)[C@H](C)NC(=O)[C@H](NC(=O)[C@H](CO)NC(=O)[C@@H](N)CO)CSSC[C@H](C(=O)N[C@H](Cc2ccccc2)C(=O)N[C@H](CCCN=C(N)N)C(=O)O)NC(=O)[C@@H]([C@@H](C)CC)NC(=O)[C@H](CCCN=C(N)N)NC(=O)[C@@H](CC(=O)O)NC1=O. The molecule has 0 aliphatic carbocycles. The molecule has 1 fully saturated rings. The van der Waals surface area contributed by atoms with Crippen LogP contribution in [-0.2, 0) is 89.6 Å². The summed E-state index contributed by atoms with van der Waals surface area (Å²) in [7, 11) is 4.15. The van der Waals surface area contributed by atoms with E-state index in [1.807, 2.05) is 0 Å². The van der Waals surface area contributed by atoms with Crippen LogP contribution in [0.15, 0.2) is 63.5 Å². The topological polar surface area (TPSA) is 760 Å². The highest BCUT2D eigenvalue weighted by Gasteiger charge is 2.39. The number of ether oxygens (including phenoxy) is 2. The Morgan fingerprint density at radius 3 is 1.59 bits per heavy atom. The highest BCUT2D eigenvalue weighted by atomic mass is 33.1. The summed E-state index contributed by atoms with van der Waals surface area (Å²) in [5.41, 5.74) is 39.6. The zero-order valence-corrected chi connectivity index (χ0v) is 69.9. The van der Waals surface area contributed by atoms with E-state index in [2.05, 4.69) is 89.4 Å². The number of benzene rings is 2. The van der Waals surface area contributed by atoms with Crippen molar-refractivity contribution < 1.29 is 107 Å². The normalized spacial score (nSPS) is 21.5. The van der Waals surface area contributed by atoms with Crippen LogP contribution in [0.4, 0.5) is 0 Å². The molecular formula is C73H116N24O22S2. The number of amides is 14. The first-order valence-electron chi connectivity index (χ1n) is 38.6. The van der Waals surface area contributed by atoms with Crippen LogP contribution >= 0.6 is 21.6 Å². The van der Waals surface area contributed by atoms with Gasteiger partial charge in [0.25, 0.3) is 0 Å². The monoisotopic (exact) mass is 1740 g/mol. The Hall–Kier alpha value is -12.0. The van der Waals surface area contributed by atoms with Gasteiger partial charge in [-0.3, -0.25) is 86.9 Å². The van der Waals surface area contributed by atoms with Gasteiger partial charge in [0.05, 0.1) is 46.9 Å². The number of aliphatic hydroxyl groups is 2. The van der Waals surface area contributed by atoms with E-state index in [-0.39, 0.29) is 113 Å². The van der Waals surface area contributed by atoms with E-state index in [1.54, 1.807) is 44.2 Å². The molecule has 1 aliphatic heterocycles. The van der Waals surface area contributed by atoms with Crippen molar-refractivity contribution in [2.45, 2.75) is 184 Å². The molecule has 2 aromatic rings. The fraction of sp³-hybridized carbons (Fsp3) is 0.575. The molecular weight excluding hydrogens is 1630 g/mol. The summed E-state index contributed by atoms with van der Waals surface area (Å²) in [4.78, 5) is 238. The first-order chi connectivity index (χ1) is 57.3. The number of carboxylic acids is 2. The summed E-state index contributed by atoms with van der Waals surface area (Å²) in [5.74, 6) is -21.9. The van der Waals surface area contributed by atoms with Crippen molar-refractivity contribution >= 4 is 134 Å². The molecule has 1 aliphatic rings. The smallest absolute Gasteiger partial charge is 0.326 e. The fourth-order valence-electron chi connectivity index (χ4n) is 11.3. The molecule has 121 heavy (non-hydrogen) atoms. The second kappa shape index (κ2) is 54.2. The van der Waals surface area contributed by atoms with Crippen molar-refractivity contribution in [2.75, 3.05) is 71.7 Å². The largest absolute Gasteiger partial charge is 0.493 e. The summed E-state index contributed by atoms with van der Waals surface area (Å²) < 4.78 is 10.8. The Labute approximate surface area is 705 Å². The molecule has 46 nitrogen and oxygen atoms in total. The molecule has 672 valence electrons. The molecule has 0 radical (unpaired) electrons. The Bertz CT molecular complexity index is 3950. The maximum absolute atomic E-state index is 15.2. The van der Waals surface area contributed by atoms with E-state index in [4.69, 9.17) is 49.6 Å². The molecule has 3 rings (SSSR count). The standard InChI is InChI=1S/C73H116N24O22S2/c1-8-36(3)56-68(114)92-47(29-55(102)103)64(110)88-43(19-14-24-82-72(77)78)62(108)97-57(37(4)9-2)69(115)95-50(67(113)91-46(26-39-16-11-10-12-17-39)63(109)89-44(70(116)117)20-15-25-83-73(79)80)35-121-120-34-49(94-65(111)48(33-99)93-59(105)41(74)32-98)66(112)86-38(5)58(104)90-45(27-40-21-22-51(118-6)52(28-40)119-7)60(106)85-30-53(100)84-31-54(101)87-42(61(107)96-56)18-13-23-81-71(75)76/h10-12,16-17,21-22,28,36-38,41-50,56-57,98-99H,8-9,13-15,18-20,23-27,29-35,74H2,1-7H3,(H,84,100)(H,85,106)(H,86,112)(H,87,101)(H,88,110)(H,89,109)(H,90,104)(H,91,113)(H,92,114)(H,93,105)(H,94,111)(H,95,115)(H,96,107)(H,97,108)(H,102,103)(H,116,117)(H4,75,76,81)(H4,77,78,82)(H4,79,80,83)/t36-,37-,38-,41-,42+,43-,44+,45+,46+,47+,48-,49+,50+,56-,57+/m0/s1. The minimum absolute atomic E-state index is 0.0139. The average Bonchev–Trinajstić information content (AvgIpc) is 0.855. The Morgan fingerprint density at radius 1 is 0.529 bits per heavy atom. The van der Waals surface area contributed by atoms with E-state index in [0.29, 0.717) is 11.1 Å². The highest BCUT2D eigenvalue weighted by Crippen LogP contribution is 2.29. The van der Waals surface area contributed by atoms with Crippen molar-refractivity contribution in [3.8, 4) is 11.5 Å². The second-order valence-corrected chi connectivity index (χ2v) is 30.5. The number of rotatable bonds is 35. The van der Waals surface area contributed by atoms with Crippen LogP contribution < -0.4 is 124 Å². The Balaban J connectivity index is 2.42. The molecule has 15 atom stereocenters. The minimum atomic E-state index is -2.03. The van der Waals surface area contributed by atoms with Gasteiger partial charge in [0.2, 0.25) is 82.7 Å². The number of nitrogens with two attached hydrogens (primary N) is 7. The quantitative estimate of drug-likeness (QED) is 0.0132. The first-order valence-corrected chi connectivity index (χ1v) is 41.0. The number of aliphatic carboxylic acids is 2. The number of aliphatic imine (C=N–C) groups is 3. The van der Waals surface area contributed by atoms with Crippen LogP contribution in [0, 0.1) is 11.8 Å². The predicted octanol–water partition coefficient (Wildman–Crippen LogP) is -8.92. The van der Waals surface area contributed by atoms with Gasteiger partial charge in [-0.05, 0) is 80.5 Å². The van der Waals surface area contributed by atoms with Gasteiger partial charge in [0.15, 0.2) is 29.4 Å². The molecule has 0 bridgehead atoms. The second-order valence-electron chi connectivity index (χ2n) is 28.0. The molecule has 32 N–H and O–H groups in total. The van der Waals surface area contributed by atoms with Crippen LogP contribution in [0.25, 0.3) is 0 Å². The number of carbonyl (C=O) groups is 16. The van der Waals surface area contributed by atoms with E-state index in [1.165, 1.54) is 53.2 Å². The number of carbonyl (C=O) groups excluding carboxylic acids is 14. The number of hydrogen-bond acceptors (Lipinski definition) is 26. The van der Waals surface area contributed by atoms with Crippen LogP contribution in [0.1, 0.15) is 104 Å². The molecule has 0 spiro atoms. The summed E-state index contributed by atoms with van der Waals surface area (Å²) in [5, 5.41) is 74.7. The third-order valence-corrected chi connectivity index (χ3v) is 21.0. The lowest BCUT2D eigenvalue weighted by Gasteiger charge is -2.30. The molecule has 48 heteroatoms. The van der Waals surface area contributed by atoms with Gasteiger partial charge in [0, 0.05) is 44.0 Å². The van der Waals surface area contributed by atoms with E-state index >= 15 is 9.59 Å². The zero-order valence-electron chi connectivity index (χ0n) is 68.3. The lowest BCUT2D eigenvalue weighted by Crippen LogP contribution is -2.62. The molecule has 0 aromatic heterocycles. The van der Waals surface area contributed by atoms with E-state index in [9.17, 15) is 87.5 Å². The number of nitrogens with one attached hydrogen (secondary N) is 14. The average molecular weight is 1750 g/mol. The maximum Gasteiger partial charge on any atom is 0.326 e. The molecule has 1 saturated heterocycles. The number of methoxy groups -OCH3 is 2. The number of hydrogen-bond donors (Lipinski definition) is 25. The van der Waals surface area contributed by atoms with Gasteiger partial charge in [0.1, 0.15) is 78.5 Å². The predicted molar refractivity (Wildman–Crippen MR) is 444 cm³/mol. The van der Waals surface area contributed by atoms with Crippen LogP contribution in [0.5, 0.6) is 11.5 Å². The maximum atomic E-state index is 15.2. The fourth-order valence-corrected chi connectivity index (χ4v) is 13.7. The number of aliphatic hydroxyl groups excluding tert-OH is 2. The molecule has 2 aromatic carbocycles. The Morgan fingerprint density at radius 2 is 1.05 bits per heavy atom. The number of carboxylic acid groups (broad SMARTS) is 2. The lowest BCUT2D eigenvalue weighted by molar-refractivity contribution is -0.142. The molecule has 14 amide bonds. The van der Waals surface area contributed by atoms with Crippen molar-refractivity contribution in [1.29, 1.82) is 0 Å². The molecule has 0 unspecified atom stereocenters. The highest BCUT2D eigenvalue weighted by molar-refractivity contribution is 8.76. The van der Waals surface area contributed by atoms with Gasteiger partial charge in [-0.15, -0.1) is 0 Å². The van der Waals surface area contributed by atoms with Gasteiger partial charge in [-0.1, -0.05) is 98.5 Å². The third-order valence-electron chi connectivity index (χ3n) is 18.6. The van der Waals surface area contributed by atoms with E-state index < -0.39 is 229 Å². The summed E-state index contributed by atoms with van der Waals surface area (Å²) in [6.45, 7) is 3.46. The van der Waals surface area contributed by atoms with Crippen molar-refractivity contribution in [3.63, 3.8) is 0 Å². The first kappa shape index (κ1) is 103. The van der Waals surface area contributed by atoms with Gasteiger partial charge in [-0.25, -0.2) is 4.79 Å². The van der Waals surface area contributed by atoms with Gasteiger partial charge in [-0.2, -0.15) is 0 Å². The lowest BCUT2D eigenvalue weighted by atomic mass is 9.96. The summed E-state index contributed by atoms with van der Waals surface area (Å²) in [6.07, 6.45) is -2.37. The van der Waals surface area contributed by atoms with Crippen molar-refractivity contribution in [3.05, 3.63) is 59.7 Å². The number of guanidine groups is 3. The van der Waals surface area contributed by atoms with Crippen LogP contribution in [0.3, 0.4) is 0 Å².